The van der Waals surface area contributed by atoms with Gasteiger partial charge in [-0.1, -0.05) is 0 Å². The maximum Gasteiger partial charge on any atom is 0.425 e. The van der Waals surface area contributed by atoms with Crippen molar-refractivity contribution in [1.82, 2.24) is 4.90 Å². The highest BCUT2D eigenvalue weighted by molar-refractivity contribution is 4.99. The number of nitrogens with zero attached hydrogens (tertiary/aromatic N) is 1. The topological polar surface area (TPSA) is 21.7 Å². The van der Waals surface area contributed by atoms with E-state index in [2.05, 4.69) is 9.47 Å². The molecule has 4 atom stereocenters. The van der Waals surface area contributed by atoms with Gasteiger partial charge >= 0.3 is 12.4 Å². The van der Waals surface area contributed by atoms with Crippen LogP contribution in [0.1, 0.15) is 19.3 Å². The lowest BCUT2D eigenvalue weighted by Gasteiger charge is -2.41. The van der Waals surface area contributed by atoms with Gasteiger partial charge < -0.3 is 9.47 Å². The van der Waals surface area contributed by atoms with Crippen molar-refractivity contribution < 1.29 is 57.8 Å². The highest BCUT2D eigenvalue weighted by Gasteiger charge is 2.64. The van der Waals surface area contributed by atoms with E-state index in [9.17, 15) is 48.3 Å². The fourth-order valence-corrected chi connectivity index (χ4v) is 3.37. The predicted molar refractivity (Wildman–Crippen MR) is 75.6 cm³/mol. The molecule has 14 heteroatoms. The Bertz CT molecular complexity index is 537. The van der Waals surface area contributed by atoms with Crippen molar-refractivity contribution in [3.8, 4) is 0 Å². The Labute approximate surface area is 158 Å². The number of alkyl halides is 11. The summed E-state index contributed by atoms with van der Waals surface area (Å²) < 4.78 is 154. The van der Waals surface area contributed by atoms with Gasteiger partial charge in [-0.15, -0.1) is 0 Å². The van der Waals surface area contributed by atoms with Crippen LogP contribution in [0.3, 0.4) is 0 Å². The molecule has 29 heavy (non-hydrogen) atoms. The molecule has 0 radical (unpaired) electrons. The second-order valence-corrected chi connectivity index (χ2v) is 7.01. The first kappa shape index (κ1) is 24.4. The monoisotopic (exact) mass is 453 g/mol. The summed E-state index contributed by atoms with van der Waals surface area (Å²) in [5.41, 5.74) is 0. The Hall–Kier alpha value is -0.890. The van der Waals surface area contributed by atoms with Crippen LogP contribution in [0.4, 0.5) is 48.3 Å². The van der Waals surface area contributed by atoms with E-state index in [1.165, 1.54) is 0 Å². The van der Waals surface area contributed by atoms with E-state index in [1.807, 2.05) is 0 Å². The second kappa shape index (κ2) is 8.33. The van der Waals surface area contributed by atoms with Gasteiger partial charge in [-0.25, -0.2) is 22.0 Å². The SMILES string of the molecule is FC(C(F)(F)F)C(F)(F)CC1COC(C(F)(F)C(N2CCCC2)C(F)(F)F)CO1. The molecule has 2 heterocycles. The zero-order valence-corrected chi connectivity index (χ0v) is 14.7. The molecule has 0 N–H and O–H groups in total. The van der Waals surface area contributed by atoms with Gasteiger partial charge in [0.25, 0.3) is 18.0 Å². The number of likely N-dealkylation sites (tertiary alicyclic amines) is 1. The van der Waals surface area contributed by atoms with Crippen molar-refractivity contribution in [2.45, 2.75) is 67.9 Å². The van der Waals surface area contributed by atoms with Crippen LogP contribution in [0.25, 0.3) is 0 Å². The summed E-state index contributed by atoms with van der Waals surface area (Å²) in [7, 11) is 0. The van der Waals surface area contributed by atoms with Crippen molar-refractivity contribution in [2.24, 2.45) is 0 Å². The minimum Gasteiger partial charge on any atom is -0.373 e. The van der Waals surface area contributed by atoms with Crippen molar-refractivity contribution in [3.05, 3.63) is 0 Å². The van der Waals surface area contributed by atoms with Gasteiger partial charge in [0.15, 0.2) is 6.04 Å². The molecule has 0 amide bonds. The summed E-state index contributed by atoms with van der Waals surface area (Å²) in [6.07, 6.45) is -21.3. The Morgan fingerprint density at radius 2 is 1.34 bits per heavy atom. The van der Waals surface area contributed by atoms with E-state index in [-0.39, 0.29) is 25.9 Å². The van der Waals surface area contributed by atoms with Crippen LogP contribution < -0.4 is 0 Å². The molecule has 2 aliphatic heterocycles. The maximum atomic E-state index is 14.5. The molecule has 2 aliphatic rings. The molecule has 0 aromatic carbocycles. The number of hydrogen-bond acceptors (Lipinski definition) is 3. The summed E-state index contributed by atoms with van der Waals surface area (Å²) in [5, 5.41) is 0. The Balaban J connectivity index is 2.03. The first-order valence-corrected chi connectivity index (χ1v) is 8.57. The number of ether oxygens (including phenoxy) is 2. The molecule has 3 nitrogen and oxygen atoms in total. The Kier molecular flexibility index (Phi) is 7.00. The molecule has 0 bridgehead atoms. The van der Waals surface area contributed by atoms with Crippen LogP contribution in [0.2, 0.25) is 0 Å². The number of hydrogen-bond donors (Lipinski definition) is 0. The molecule has 0 spiro atoms. The lowest BCUT2D eigenvalue weighted by atomic mass is 10.0. The molecule has 4 unspecified atom stereocenters. The van der Waals surface area contributed by atoms with E-state index < -0.39 is 68.3 Å². The van der Waals surface area contributed by atoms with Crippen LogP contribution in [0, 0.1) is 0 Å². The van der Waals surface area contributed by atoms with Crippen LogP contribution in [-0.4, -0.2) is 79.8 Å². The Morgan fingerprint density at radius 1 is 0.793 bits per heavy atom. The smallest absolute Gasteiger partial charge is 0.373 e. The minimum absolute atomic E-state index is 0.225. The van der Waals surface area contributed by atoms with Gasteiger partial charge in [0.05, 0.1) is 19.3 Å². The largest absolute Gasteiger partial charge is 0.425 e. The lowest BCUT2D eigenvalue weighted by molar-refractivity contribution is -0.297. The fourth-order valence-electron chi connectivity index (χ4n) is 3.37. The van der Waals surface area contributed by atoms with Crippen LogP contribution in [0.5, 0.6) is 0 Å². The normalized spacial score (nSPS) is 27.8. The molecule has 2 rings (SSSR count). The predicted octanol–water partition coefficient (Wildman–Crippen LogP) is 4.36. The number of halogens is 11. The molecule has 0 aromatic rings. The highest BCUT2D eigenvalue weighted by Crippen LogP contribution is 2.43. The minimum atomic E-state index is -5.86. The van der Waals surface area contributed by atoms with Gasteiger partial charge in [-0.2, -0.15) is 26.3 Å². The van der Waals surface area contributed by atoms with Gasteiger partial charge in [0, 0.05) is 6.42 Å². The summed E-state index contributed by atoms with van der Waals surface area (Å²) >= 11 is 0. The van der Waals surface area contributed by atoms with Gasteiger partial charge in [0.2, 0.25) is 0 Å². The molecule has 0 aromatic heterocycles. The van der Waals surface area contributed by atoms with Gasteiger partial charge in [-0.05, 0) is 25.9 Å². The van der Waals surface area contributed by atoms with Crippen molar-refractivity contribution in [2.75, 3.05) is 26.3 Å². The van der Waals surface area contributed by atoms with Gasteiger partial charge in [-0.3, -0.25) is 4.90 Å². The molecular formula is C15H18F11NO2. The first-order chi connectivity index (χ1) is 13.1. The average molecular weight is 453 g/mol. The molecule has 0 saturated carbocycles. The summed E-state index contributed by atoms with van der Waals surface area (Å²) in [6, 6.07) is -3.19. The van der Waals surface area contributed by atoms with E-state index in [4.69, 9.17) is 0 Å². The van der Waals surface area contributed by atoms with E-state index in [0.29, 0.717) is 4.90 Å². The van der Waals surface area contributed by atoms with E-state index in [1.54, 1.807) is 0 Å². The van der Waals surface area contributed by atoms with Crippen molar-refractivity contribution in [1.29, 1.82) is 0 Å². The van der Waals surface area contributed by atoms with Crippen LogP contribution >= 0.6 is 0 Å². The third-order valence-corrected chi connectivity index (χ3v) is 4.73. The zero-order valence-electron chi connectivity index (χ0n) is 14.7. The Morgan fingerprint density at radius 3 is 1.76 bits per heavy atom. The number of rotatable bonds is 6. The van der Waals surface area contributed by atoms with Gasteiger partial charge in [0.1, 0.15) is 6.10 Å². The molecule has 2 saturated heterocycles. The first-order valence-electron chi connectivity index (χ1n) is 8.57. The summed E-state index contributed by atoms with van der Waals surface area (Å²) in [5.74, 6) is -9.43. The molecular weight excluding hydrogens is 435 g/mol. The summed E-state index contributed by atoms with van der Waals surface area (Å²) in [4.78, 5) is 0.542. The average Bonchev–Trinajstić information content (AvgIpc) is 3.05. The van der Waals surface area contributed by atoms with E-state index >= 15 is 0 Å². The quantitative estimate of drug-likeness (QED) is 0.559. The van der Waals surface area contributed by atoms with Crippen molar-refractivity contribution >= 4 is 0 Å². The zero-order chi connectivity index (χ0) is 22.3. The van der Waals surface area contributed by atoms with Crippen LogP contribution in [-0.2, 0) is 9.47 Å². The molecule has 0 aliphatic carbocycles. The maximum absolute atomic E-state index is 14.5. The third-order valence-electron chi connectivity index (χ3n) is 4.73. The van der Waals surface area contributed by atoms with E-state index in [0.717, 1.165) is 0 Å². The molecule has 172 valence electrons. The standard InChI is InChI=1S/C15H18F11NO2/c16-10(14(21,22)23)12(17,18)5-8-6-29-9(7-28-8)13(19,20)11(15(24,25)26)27-3-1-2-4-27/h8-11H,1-7H2. The van der Waals surface area contributed by atoms with Crippen molar-refractivity contribution in [3.63, 3.8) is 0 Å². The molecule has 2 fully saturated rings. The summed E-state index contributed by atoms with van der Waals surface area (Å²) in [6.45, 7) is -2.85. The fraction of sp³-hybridized carbons (Fsp3) is 1.00. The second-order valence-electron chi connectivity index (χ2n) is 7.01. The lowest BCUT2D eigenvalue weighted by Crippen LogP contribution is -2.63. The van der Waals surface area contributed by atoms with Crippen LogP contribution in [0.15, 0.2) is 0 Å². The highest BCUT2D eigenvalue weighted by atomic mass is 19.4. The third kappa shape index (κ3) is 5.63.